The molecule has 0 amide bonds. The van der Waals surface area contributed by atoms with Gasteiger partial charge in [-0.1, -0.05) is 84.9 Å². The van der Waals surface area contributed by atoms with Crippen LogP contribution in [-0.2, 0) is 4.79 Å². The predicted octanol–water partition coefficient (Wildman–Crippen LogP) is 6.35. The fraction of sp³-hybridized carbons (Fsp3) is 0.0385. The molecule has 0 saturated heterocycles. The molecular formula is C26H19NO2. The van der Waals surface area contributed by atoms with E-state index >= 15 is 0 Å². The van der Waals surface area contributed by atoms with E-state index in [2.05, 4.69) is 46.9 Å². The number of pyridine rings is 1. The van der Waals surface area contributed by atoms with Gasteiger partial charge in [0.05, 0.1) is 22.3 Å². The Morgan fingerprint density at radius 3 is 2.00 bits per heavy atom. The summed E-state index contributed by atoms with van der Waals surface area (Å²) in [5.74, 6) is 0.260. The van der Waals surface area contributed by atoms with Crippen molar-refractivity contribution >= 4 is 22.4 Å². The molecule has 0 unspecified atom stereocenters. The normalized spacial score (nSPS) is 11.1. The summed E-state index contributed by atoms with van der Waals surface area (Å²) in [7, 11) is 0. The van der Waals surface area contributed by atoms with E-state index in [1.165, 1.54) is 6.92 Å². The Balaban J connectivity index is 2.02. The molecule has 0 aliphatic rings. The minimum absolute atomic E-state index is 0.331. The lowest BCUT2D eigenvalue weighted by atomic mass is 10.0. The molecule has 5 rings (SSSR count). The first-order chi connectivity index (χ1) is 14.2. The Kier molecular flexibility index (Phi) is 4.14. The Bertz CT molecular complexity index is 1340. The molecule has 0 atom stereocenters. The first-order valence-electron chi connectivity index (χ1n) is 9.59. The van der Waals surface area contributed by atoms with Crippen LogP contribution in [0.3, 0.4) is 0 Å². The SMILES string of the molecule is CC(=O)Oc1c(-c2ccccc2)c(-c2ccccc2)n2c1ccc1ccccc12. The van der Waals surface area contributed by atoms with Gasteiger partial charge in [0.2, 0.25) is 0 Å². The highest BCUT2D eigenvalue weighted by Crippen LogP contribution is 2.45. The Hall–Kier alpha value is -3.85. The van der Waals surface area contributed by atoms with Crippen molar-refractivity contribution in [3.63, 3.8) is 0 Å². The van der Waals surface area contributed by atoms with Crippen LogP contribution in [0.1, 0.15) is 6.92 Å². The van der Waals surface area contributed by atoms with Gasteiger partial charge in [-0.25, -0.2) is 0 Å². The second-order valence-electron chi connectivity index (χ2n) is 6.99. The molecule has 0 aliphatic carbocycles. The van der Waals surface area contributed by atoms with Gasteiger partial charge >= 0.3 is 5.97 Å². The number of carbonyl (C=O) groups excluding carboxylic acids is 1. The average molecular weight is 377 g/mol. The highest BCUT2D eigenvalue weighted by molar-refractivity contribution is 5.99. The summed E-state index contributed by atoms with van der Waals surface area (Å²) >= 11 is 0. The van der Waals surface area contributed by atoms with Crippen LogP contribution in [0, 0.1) is 0 Å². The van der Waals surface area contributed by atoms with Crippen molar-refractivity contribution in [3.8, 4) is 28.1 Å². The first kappa shape index (κ1) is 17.3. The fourth-order valence-electron chi connectivity index (χ4n) is 3.96. The van der Waals surface area contributed by atoms with Crippen LogP contribution in [0.25, 0.3) is 38.8 Å². The molecule has 2 aromatic heterocycles. The molecule has 2 heterocycles. The number of para-hydroxylation sites is 1. The number of hydrogen-bond donors (Lipinski definition) is 0. The van der Waals surface area contributed by atoms with Crippen molar-refractivity contribution in [2.24, 2.45) is 0 Å². The summed E-state index contributed by atoms with van der Waals surface area (Å²) in [6.45, 7) is 1.45. The number of fused-ring (bicyclic) bond motifs is 3. The van der Waals surface area contributed by atoms with Crippen LogP contribution in [0.2, 0.25) is 0 Å². The largest absolute Gasteiger partial charge is 0.424 e. The molecule has 0 radical (unpaired) electrons. The van der Waals surface area contributed by atoms with Gasteiger partial charge in [0.25, 0.3) is 0 Å². The second kappa shape index (κ2) is 6.95. The van der Waals surface area contributed by atoms with E-state index in [1.54, 1.807) is 0 Å². The van der Waals surface area contributed by atoms with E-state index in [0.29, 0.717) is 5.75 Å². The Morgan fingerprint density at radius 1 is 0.690 bits per heavy atom. The molecule has 140 valence electrons. The van der Waals surface area contributed by atoms with Crippen molar-refractivity contribution in [1.29, 1.82) is 0 Å². The van der Waals surface area contributed by atoms with Gasteiger partial charge < -0.3 is 9.14 Å². The van der Waals surface area contributed by atoms with Gasteiger partial charge in [-0.15, -0.1) is 0 Å². The van der Waals surface area contributed by atoms with Gasteiger partial charge in [0, 0.05) is 6.92 Å². The molecule has 0 spiro atoms. The number of ether oxygens (including phenoxy) is 1. The molecule has 0 aliphatic heterocycles. The third-order valence-electron chi connectivity index (χ3n) is 5.11. The number of nitrogens with zero attached hydrogens (tertiary/aromatic N) is 1. The van der Waals surface area contributed by atoms with E-state index in [0.717, 1.165) is 38.8 Å². The van der Waals surface area contributed by atoms with Gasteiger partial charge in [0.1, 0.15) is 0 Å². The molecule has 3 heteroatoms. The number of carbonyl (C=O) groups is 1. The predicted molar refractivity (Wildman–Crippen MR) is 117 cm³/mol. The number of esters is 1. The van der Waals surface area contributed by atoms with Gasteiger partial charge in [0.15, 0.2) is 5.75 Å². The molecular weight excluding hydrogens is 358 g/mol. The molecule has 29 heavy (non-hydrogen) atoms. The quantitative estimate of drug-likeness (QED) is 0.343. The van der Waals surface area contributed by atoms with Crippen LogP contribution in [0.15, 0.2) is 97.1 Å². The summed E-state index contributed by atoms with van der Waals surface area (Å²) in [6.07, 6.45) is 0. The minimum atomic E-state index is -0.331. The molecule has 0 N–H and O–H groups in total. The molecule has 0 bridgehead atoms. The van der Waals surface area contributed by atoms with E-state index in [-0.39, 0.29) is 5.97 Å². The molecule has 3 nitrogen and oxygen atoms in total. The third kappa shape index (κ3) is 2.88. The Morgan fingerprint density at radius 2 is 1.31 bits per heavy atom. The standard InChI is InChI=1S/C26H19NO2/c1-18(28)29-26-23-17-16-19-10-8-9-15-22(19)27(23)25(21-13-6-3-7-14-21)24(26)20-11-4-2-5-12-20/h2-17H,1H3. The summed E-state index contributed by atoms with van der Waals surface area (Å²) < 4.78 is 8.00. The van der Waals surface area contributed by atoms with Crippen LogP contribution in [0.4, 0.5) is 0 Å². The maximum atomic E-state index is 12.0. The van der Waals surface area contributed by atoms with Crippen molar-refractivity contribution in [2.75, 3.05) is 0 Å². The zero-order chi connectivity index (χ0) is 19.8. The molecule has 0 fully saturated rings. The number of aromatic nitrogens is 1. The monoisotopic (exact) mass is 377 g/mol. The van der Waals surface area contributed by atoms with Gasteiger partial charge in [-0.05, 0) is 28.6 Å². The number of rotatable bonds is 3. The first-order valence-corrected chi connectivity index (χ1v) is 9.59. The number of hydrogen-bond acceptors (Lipinski definition) is 2. The van der Waals surface area contributed by atoms with Crippen molar-refractivity contribution < 1.29 is 9.53 Å². The van der Waals surface area contributed by atoms with E-state index in [4.69, 9.17) is 4.74 Å². The zero-order valence-corrected chi connectivity index (χ0v) is 16.0. The third-order valence-corrected chi connectivity index (χ3v) is 5.11. The average Bonchev–Trinajstić information content (AvgIpc) is 3.09. The Labute approximate surface area is 168 Å². The lowest BCUT2D eigenvalue weighted by Gasteiger charge is -2.10. The maximum absolute atomic E-state index is 12.0. The van der Waals surface area contributed by atoms with Crippen LogP contribution in [0.5, 0.6) is 5.75 Å². The van der Waals surface area contributed by atoms with E-state index in [9.17, 15) is 4.79 Å². The lowest BCUT2D eigenvalue weighted by Crippen LogP contribution is -2.02. The summed E-state index contributed by atoms with van der Waals surface area (Å²) in [5.41, 5.74) is 5.95. The number of benzene rings is 3. The summed E-state index contributed by atoms with van der Waals surface area (Å²) in [4.78, 5) is 12.0. The van der Waals surface area contributed by atoms with Crippen LogP contribution in [-0.4, -0.2) is 10.4 Å². The summed E-state index contributed by atoms with van der Waals surface area (Å²) in [5, 5.41) is 1.13. The minimum Gasteiger partial charge on any atom is -0.424 e. The molecule has 0 saturated carbocycles. The van der Waals surface area contributed by atoms with Crippen LogP contribution >= 0.6 is 0 Å². The second-order valence-corrected chi connectivity index (χ2v) is 6.99. The van der Waals surface area contributed by atoms with Crippen molar-refractivity contribution in [1.82, 2.24) is 4.40 Å². The summed E-state index contributed by atoms with van der Waals surface area (Å²) in [6, 6.07) is 32.7. The van der Waals surface area contributed by atoms with Crippen molar-refractivity contribution in [3.05, 3.63) is 97.1 Å². The van der Waals surface area contributed by atoms with E-state index in [1.807, 2.05) is 54.6 Å². The fourth-order valence-corrected chi connectivity index (χ4v) is 3.96. The smallest absolute Gasteiger partial charge is 0.308 e. The van der Waals surface area contributed by atoms with Gasteiger partial charge in [-0.3, -0.25) is 4.79 Å². The van der Waals surface area contributed by atoms with Crippen LogP contribution < -0.4 is 4.74 Å². The highest BCUT2D eigenvalue weighted by atomic mass is 16.5. The highest BCUT2D eigenvalue weighted by Gasteiger charge is 2.24. The van der Waals surface area contributed by atoms with E-state index < -0.39 is 0 Å². The molecule has 5 aromatic rings. The maximum Gasteiger partial charge on any atom is 0.308 e. The zero-order valence-electron chi connectivity index (χ0n) is 16.0. The van der Waals surface area contributed by atoms with Crippen molar-refractivity contribution in [2.45, 2.75) is 6.92 Å². The topological polar surface area (TPSA) is 30.7 Å². The van der Waals surface area contributed by atoms with Gasteiger partial charge in [-0.2, -0.15) is 0 Å². The lowest BCUT2D eigenvalue weighted by molar-refractivity contribution is -0.131. The molecule has 3 aromatic carbocycles.